The van der Waals surface area contributed by atoms with Crippen LogP contribution < -0.4 is 0 Å². The van der Waals surface area contributed by atoms with Crippen molar-refractivity contribution >= 4 is 40.0 Å². The molecule has 0 aliphatic carbocycles. The molecule has 32 heavy (non-hydrogen) atoms. The quantitative estimate of drug-likeness (QED) is 0.217. The van der Waals surface area contributed by atoms with Crippen LogP contribution in [0.1, 0.15) is 11.1 Å². The monoisotopic (exact) mass is 489 g/mol. The number of halogens is 1. The van der Waals surface area contributed by atoms with Crippen LogP contribution in [0.3, 0.4) is 0 Å². The number of aromatic hydroxyl groups is 1. The minimum absolute atomic E-state index is 0.0204. The van der Waals surface area contributed by atoms with Gasteiger partial charge in [0, 0.05) is 39.5 Å². The molecule has 9 heteroatoms. The SMILES string of the molecule is O=[N+]([O-])c1cccc(C=Nn2cc(-c3ccccc3)nc2N=Cc2cc(Br)ccc2O)c1. The minimum Gasteiger partial charge on any atom is -0.507 e. The molecule has 158 valence electrons. The maximum Gasteiger partial charge on any atom is 0.270 e. The van der Waals surface area contributed by atoms with Gasteiger partial charge in [-0.1, -0.05) is 58.4 Å². The van der Waals surface area contributed by atoms with Crippen molar-refractivity contribution in [3.8, 4) is 17.0 Å². The van der Waals surface area contributed by atoms with Crippen molar-refractivity contribution < 1.29 is 10.0 Å². The third kappa shape index (κ3) is 4.96. The third-order valence-corrected chi connectivity index (χ3v) is 4.95. The van der Waals surface area contributed by atoms with Crippen LogP contribution in [-0.2, 0) is 0 Å². The Hall–Kier alpha value is -4.11. The van der Waals surface area contributed by atoms with Crippen LogP contribution in [0.5, 0.6) is 5.75 Å². The number of benzene rings is 3. The summed E-state index contributed by atoms with van der Waals surface area (Å²) in [6.07, 6.45) is 4.71. The van der Waals surface area contributed by atoms with E-state index in [-0.39, 0.29) is 17.4 Å². The molecular formula is C23H16BrN5O3. The first kappa shape index (κ1) is 21.1. The van der Waals surface area contributed by atoms with E-state index in [1.807, 2.05) is 30.3 Å². The van der Waals surface area contributed by atoms with E-state index >= 15 is 0 Å². The smallest absolute Gasteiger partial charge is 0.270 e. The number of nitro benzene ring substituents is 1. The molecule has 0 saturated carbocycles. The number of hydrogen-bond acceptors (Lipinski definition) is 6. The molecule has 1 aromatic heterocycles. The molecule has 0 atom stereocenters. The molecule has 0 fully saturated rings. The molecule has 0 spiro atoms. The largest absolute Gasteiger partial charge is 0.507 e. The van der Waals surface area contributed by atoms with Crippen molar-refractivity contribution in [2.75, 3.05) is 0 Å². The Morgan fingerprint density at radius 3 is 2.62 bits per heavy atom. The highest BCUT2D eigenvalue weighted by atomic mass is 79.9. The van der Waals surface area contributed by atoms with Gasteiger partial charge in [0.15, 0.2) is 0 Å². The molecule has 0 aliphatic heterocycles. The van der Waals surface area contributed by atoms with Crippen LogP contribution in [0.4, 0.5) is 11.6 Å². The summed E-state index contributed by atoms with van der Waals surface area (Å²) < 4.78 is 2.28. The Labute approximate surface area is 191 Å². The van der Waals surface area contributed by atoms with E-state index in [0.29, 0.717) is 16.8 Å². The Kier molecular flexibility index (Phi) is 6.18. The summed E-state index contributed by atoms with van der Waals surface area (Å²) in [5.41, 5.74) is 2.60. The van der Waals surface area contributed by atoms with Crippen molar-refractivity contribution in [2.45, 2.75) is 0 Å². The topological polar surface area (TPSA) is 106 Å². The number of nitrogens with zero attached hydrogens (tertiary/aromatic N) is 5. The molecule has 3 aromatic carbocycles. The van der Waals surface area contributed by atoms with E-state index in [4.69, 9.17) is 0 Å². The molecule has 1 heterocycles. The number of non-ortho nitro benzene ring substituents is 1. The second-order valence-electron chi connectivity index (χ2n) is 6.69. The maximum atomic E-state index is 11.0. The highest BCUT2D eigenvalue weighted by Crippen LogP contribution is 2.24. The lowest BCUT2D eigenvalue weighted by Gasteiger charge is -2.00. The number of rotatable bonds is 6. The minimum atomic E-state index is -0.456. The zero-order valence-electron chi connectivity index (χ0n) is 16.5. The van der Waals surface area contributed by atoms with E-state index < -0.39 is 4.92 Å². The summed E-state index contributed by atoms with van der Waals surface area (Å²) in [6, 6.07) is 20.8. The molecule has 4 aromatic rings. The summed E-state index contributed by atoms with van der Waals surface area (Å²) in [6.45, 7) is 0. The molecule has 0 unspecified atom stereocenters. The van der Waals surface area contributed by atoms with Gasteiger partial charge in [-0.15, -0.1) is 0 Å². The van der Waals surface area contributed by atoms with Gasteiger partial charge in [0.05, 0.1) is 23.0 Å². The van der Waals surface area contributed by atoms with Gasteiger partial charge in [-0.25, -0.2) is 14.7 Å². The van der Waals surface area contributed by atoms with Gasteiger partial charge in [-0.05, 0) is 18.2 Å². The number of nitro groups is 1. The first-order valence-corrected chi connectivity index (χ1v) is 10.2. The predicted octanol–water partition coefficient (Wildman–Crippen LogP) is 5.56. The van der Waals surface area contributed by atoms with Gasteiger partial charge in [-0.2, -0.15) is 5.10 Å². The molecule has 1 N–H and O–H groups in total. The summed E-state index contributed by atoms with van der Waals surface area (Å²) in [4.78, 5) is 19.5. The molecule has 0 bridgehead atoms. The van der Waals surface area contributed by atoms with Crippen LogP contribution in [0, 0.1) is 10.1 Å². The molecule has 0 radical (unpaired) electrons. The molecular weight excluding hydrogens is 474 g/mol. The Morgan fingerprint density at radius 2 is 1.84 bits per heavy atom. The van der Waals surface area contributed by atoms with Crippen LogP contribution in [0.25, 0.3) is 11.3 Å². The summed E-state index contributed by atoms with van der Waals surface area (Å²) in [5.74, 6) is 0.364. The van der Waals surface area contributed by atoms with Gasteiger partial charge in [0.1, 0.15) is 5.75 Å². The van der Waals surface area contributed by atoms with E-state index in [0.717, 1.165) is 10.0 Å². The standard InChI is InChI=1S/C23H16BrN5O3/c24-19-9-10-22(30)18(12-19)14-25-23-27-21(17-6-2-1-3-7-17)15-28(23)26-13-16-5-4-8-20(11-16)29(31)32/h1-15,30H. The molecule has 8 nitrogen and oxygen atoms in total. The van der Waals surface area contributed by atoms with Gasteiger partial charge < -0.3 is 5.11 Å². The van der Waals surface area contributed by atoms with E-state index in [9.17, 15) is 15.2 Å². The van der Waals surface area contributed by atoms with Crippen molar-refractivity contribution in [1.82, 2.24) is 9.66 Å². The van der Waals surface area contributed by atoms with Gasteiger partial charge in [0.2, 0.25) is 0 Å². The Bertz CT molecular complexity index is 1330. The third-order valence-electron chi connectivity index (χ3n) is 4.46. The van der Waals surface area contributed by atoms with Crippen molar-refractivity contribution in [3.05, 3.63) is 105 Å². The van der Waals surface area contributed by atoms with E-state index in [1.54, 1.807) is 36.5 Å². The normalized spacial score (nSPS) is 11.4. The van der Waals surface area contributed by atoms with Gasteiger partial charge in [0.25, 0.3) is 11.6 Å². The van der Waals surface area contributed by atoms with Crippen LogP contribution in [-0.4, -0.2) is 32.1 Å². The Morgan fingerprint density at radius 1 is 1.03 bits per heavy atom. The fraction of sp³-hybridized carbons (Fsp3) is 0. The van der Waals surface area contributed by atoms with Crippen molar-refractivity contribution in [1.29, 1.82) is 0 Å². The van der Waals surface area contributed by atoms with Crippen LogP contribution >= 0.6 is 15.9 Å². The second-order valence-corrected chi connectivity index (χ2v) is 7.61. The maximum absolute atomic E-state index is 11.0. The zero-order valence-corrected chi connectivity index (χ0v) is 18.1. The van der Waals surface area contributed by atoms with Crippen LogP contribution in [0.15, 0.2) is 93.6 Å². The number of aromatic nitrogens is 2. The van der Waals surface area contributed by atoms with E-state index in [1.165, 1.54) is 29.2 Å². The van der Waals surface area contributed by atoms with Crippen molar-refractivity contribution in [2.24, 2.45) is 10.1 Å². The average Bonchev–Trinajstić information content (AvgIpc) is 3.22. The first-order chi connectivity index (χ1) is 15.5. The zero-order chi connectivity index (χ0) is 22.5. The molecule has 0 aliphatic rings. The number of hydrogen-bond donors (Lipinski definition) is 1. The van der Waals surface area contributed by atoms with Crippen LogP contribution in [0.2, 0.25) is 0 Å². The number of phenolic OH excluding ortho intramolecular Hbond substituents is 1. The molecule has 0 saturated heterocycles. The first-order valence-electron chi connectivity index (χ1n) is 9.46. The average molecular weight is 490 g/mol. The lowest BCUT2D eigenvalue weighted by molar-refractivity contribution is -0.384. The van der Waals surface area contributed by atoms with Gasteiger partial charge >= 0.3 is 0 Å². The molecule has 0 amide bonds. The summed E-state index contributed by atoms with van der Waals surface area (Å²) >= 11 is 3.37. The predicted molar refractivity (Wildman–Crippen MR) is 127 cm³/mol. The lowest BCUT2D eigenvalue weighted by atomic mass is 10.2. The number of phenols is 1. The summed E-state index contributed by atoms with van der Waals surface area (Å²) in [7, 11) is 0. The lowest BCUT2D eigenvalue weighted by Crippen LogP contribution is -1.92. The second kappa shape index (κ2) is 9.36. The molecule has 4 rings (SSSR count). The van der Waals surface area contributed by atoms with Gasteiger partial charge in [-0.3, -0.25) is 10.1 Å². The fourth-order valence-electron chi connectivity index (χ4n) is 2.89. The highest BCUT2D eigenvalue weighted by Gasteiger charge is 2.09. The van der Waals surface area contributed by atoms with Crippen molar-refractivity contribution in [3.63, 3.8) is 0 Å². The Balaban J connectivity index is 1.72. The highest BCUT2D eigenvalue weighted by molar-refractivity contribution is 9.10. The fourth-order valence-corrected chi connectivity index (χ4v) is 3.26. The number of aliphatic imine (C=N–C) groups is 1. The van der Waals surface area contributed by atoms with E-state index in [2.05, 4.69) is 31.0 Å². The number of imidazole rings is 1. The summed E-state index contributed by atoms with van der Waals surface area (Å²) in [5, 5.41) is 25.5.